The molecule has 1 aromatic heterocycles. The van der Waals surface area contributed by atoms with Gasteiger partial charge in [-0.1, -0.05) is 19.9 Å². The summed E-state index contributed by atoms with van der Waals surface area (Å²) in [6.07, 6.45) is 0. The number of carbonyl (C=O) groups excluding carboxylic acids is 1. The second-order valence-electron chi connectivity index (χ2n) is 5.65. The van der Waals surface area contributed by atoms with Crippen molar-refractivity contribution < 1.29 is 9.53 Å². The highest BCUT2D eigenvalue weighted by Gasteiger charge is 2.42. The van der Waals surface area contributed by atoms with E-state index < -0.39 is 0 Å². The number of carbonyl (C=O) groups is 1. The van der Waals surface area contributed by atoms with Gasteiger partial charge in [-0.25, -0.2) is 4.98 Å². The largest absolute Gasteiger partial charge is 0.372 e. The Labute approximate surface area is 114 Å². The molecule has 4 heteroatoms. The van der Waals surface area contributed by atoms with Gasteiger partial charge >= 0.3 is 0 Å². The summed E-state index contributed by atoms with van der Waals surface area (Å²) in [4.78, 5) is 18.5. The van der Waals surface area contributed by atoms with Crippen LogP contribution in [0.25, 0.3) is 0 Å². The summed E-state index contributed by atoms with van der Waals surface area (Å²) >= 11 is 0. The third-order valence-corrected chi connectivity index (χ3v) is 3.41. The Morgan fingerprint density at radius 3 is 2.74 bits per heavy atom. The molecule has 1 aliphatic rings. The summed E-state index contributed by atoms with van der Waals surface area (Å²) in [5.74, 6) is 0.331. The first-order chi connectivity index (χ1) is 8.95. The Balaban J connectivity index is 2.04. The van der Waals surface area contributed by atoms with Crippen molar-refractivity contribution >= 4 is 5.91 Å². The Hall–Kier alpha value is -1.42. The highest BCUT2D eigenvalue weighted by atomic mass is 16.5. The molecule has 1 saturated heterocycles. The van der Waals surface area contributed by atoms with Gasteiger partial charge in [0.25, 0.3) is 5.91 Å². The minimum absolute atomic E-state index is 0.000298. The van der Waals surface area contributed by atoms with Crippen molar-refractivity contribution in [3.8, 4) is 0 Å². The summed E-state index contributed by atoms with van der Waals surface area (Å²) in [7, 11) is 0. The fourth-order valence-corrected chi connectivity index (χ4v) is 2.40. The molecule has 0 spiro atoms. The van der Waals surface area contributed by atoms with Crippen LogP contribution in [0.15, 0.2) is 18.2 Å². The molecule has 1 fully saturated rings. The molecule has 1 aliphatic heterocycles. The van der Waals surface area contributed by atoms with Crippen LogP contribution in [0.2, 0.25) is 0 Å². The van der Waals surface area contributed by atoms with Crippen molar-refractivity contribution in [1.82, 2.24) is 9.88 Å². The number of aromatic nitrogens is 1. The molecule has 104 valence electrons. The maximum atomic E-state index is 12.3. The first-order valence-corrected chi connectivity index (χ1v) is 6.85. The van der Waals surface area contributed by atoms with Crippen molar-refractivity contribution in [2.24, 2.45) is 0 Å². The first kappa shape index (κ1) is 14.0. The molecule has 0 radical (unpaired) electrons. The highest BCUT2D eigenvalue weighted by molar-refractivity contribution is 5.93. The third-order valence-electron chi connectivity index (χ3n) is 3.41. The lowest BCUT2D eigenvalue weighted by Crippen LogP contribution is -2.63. The SMILES string of the molecule is CCOC1(C)CN(C(=O)c2cccc(C(C)C)n2)C1. The van der Waals surface area contributed by atoms with E-state index in [1.54, 1.807) is 11.0 Å². The van der Waals surface area contributed by atoms with Crippen LogP contribution in [0.3, 0.4) is 0 Å². The lowest BCUT2D eigenvalue weighted by atomic mass is 9.96. The van der Waals surface area contributed by atoms with Crippen molar-refractivity contribution in [3.63, 3.8) is 0 Å². The van der Waals surface area contributed by atoms with Gasteiger partial charge in [0.15, 0.2) is 0 Å². The summed E-state index contributed by atoms with van der Waals surface area (Å²) in [5.41, 5.74) is 1.31. The predicted molar refractivity (Wildman–Crippen MR) is 74.3 cm³/mol. The van der Waals surface area contributed by atoms with Crippen molar-refractivity contribution in [2.75, 3.05) is 19.7 Å². The highest BCUT2D eigenvalue weighted by Crippen LogP contribution is 2.26. The van der Waals surface area contributed by atoms with Crippen LogP contribution >= 0.6 is 0 Å². The van der Waals surface area contributed by atoms with Crippen molar-refractivity contribution in [2.45, 2.75) is 39.2 Å². The molecule has 0 atom stereocenters. The molecule has 1 amide bonds. The molecule has 2 heterocycles. The third kappa shape index (κ3) is 2.95. The molecule has 0 bridgehead atoms. The molecule has 0 N–H and O–H groups in total. The number of ether oxygens (including phenoxy) is 1. The number of rotatable bonds is 4. The van der Waals surface area contributed by atoms with Gasteiger partial charge in [-0.2, -0.15) is 0 Å². The van der Waals surface area contributed by atoms with Crippen LogP contribution in [0.5, 0.6) is 0 Å². The normalized spacial score (nSPS) is 17.4. The Morgan fingerprint density at radius 1 is 1.47 bits per heavy atom. The standard InChI is InChI=1S/C15H22N2O2/c1-5-19-15(4)9-17(10-15)14(18)13-8-6-7-12(16-13)11(2)3/h6-8,11H,5,9-10H2,1-4H3. The smallest absolute Gasteiger partial charge is 0.272 e. The fraction of sp³-hybridized carbons (Fsp3) is 0.600. The molecule has 0 aromatic carbocycles. The molecular weight excluding hydrogens is 240 g/mol. The van der Waals surface area contributed by atoms with Crippen LogP contribution in [-0.2, 0) is 4.74 Å². The average Bonchev–Trinajstić information content (AvgIpc) is 2.35. The van der Waals surface area contributed by atoms with Gasteiger partial charge in [-0.05, 0) is 31.9 Å². The molecule has 0 saturated carbocycles. The number of amides is 1. The summed E-state index contributed by atoms with van der Waals surface area (Å²) in [6, 6.07) is 5.64. The lowest BCUT2D eigenvalue weighted by Gasteiger charge is -2.47. The molecule has 0 unspecified atom stereocenters. The number of hydrogen-bond donors (Lipinski definition) is 0. The van der Waals surface area contributed by atoms with Crippen molar-refractivity contribution in [1.29, 1.82) is 0 Å². The number of hydrogen-bond acceptors (Lipinski definition) is 3. The molecule has 2 rings (SSSR count). The van der Waals surface area contributed by atoms with Crippen LogP contribution < -0.4 is 0 Å². The van der Waals surface area contributed by atoms with E-state index in [1.165, 1.54) is 0 Å². The number of nitrogens with zero attached hydrogens (tertiary/aromatic N) is 2. The van der Waals surface area contributed by atoms with Gasteiger partial charge in [-0.3, -0.25) is 4.79 Å². The second-order valence-corrected chi connectivity index (χ2v) is 5.65. The van der Waals surface area contributed by atoms with E-state index in [0.717, 1.165) is 5.69 Å². The zero-order valence-corrected chi connectivity index (χ0v) is 12.1. The number of pyridine rings is 1. The van der Waals surface area contributed by atoms with E-state index >= 15 is 0 Å². The molecular formula is C15H22N2O2. The Morgan fingerprint density at radius 2 is 2.16 bits per heavy atom. The Kier molecular flexibility index (Phi) is 3.90. The zero-order valence-electron chi connectivity index (χ0n) is 12.1. The minimum Gasteiger partial charge on any atom is -0.372 e. The van der Waals surface area contributed by atoms with Gasteiger partial charge in [0.2, 0.25) is 0 Å². The van der Waals surface area contributed by atoms with Crippen LogP contribution in [0.4, 0.5) is 0 Å². The van der Waals surface area contributed by atoms with E-state index in [-0.39, 0.29) is 11.5 Å². The second kappa shape index (κ2) is 5.29. The minimum atomic E-state index is -0.180. The lowest BCUT2D eigenvalue weighted by molar-refractivity contribution is -0.113. The monoisotopic (exact) mass is 262 g/mol. The quantitative estimate of drug-likeness (QED) is 0.837. The van der Waals surface area contributed by atoms with Crippen LogP contribution in [0, 0.1) is 0 Å². The fourth-order valence-electron chi connectivity index (χ4n) is 2.40. The zero-order chi connectivity index (χ0) is 14.0. The van der Waals surface area contributed by atoms with Gasteiger partial charge in [0.1, 0.15) is 11.3 Å². The van der Waals surface area contributed by atoms with E-state index in [0.29, 0.717) is 31.3 Å². The van der Waals surface area contributed by atoms with Crippen molar-refractivity contribution in [3.05, 3.63) is 29.6 Å². The maximum absolute atomic E-state index is 12.3. The topological polar surface area (TPSA) is 42.4 Å². The van der Waals surface area contributed by atoms with Gasteiger partial charge in [-0.15, -0.1) is 0 Å². The van der Waals surface area contributed by atoms with E-state index in [4.69, 9.17) is 4.74 Å². The van der Waals surface area contributed by atoms with Crippen LogP contribution in [0.1, 0.15) is 49.8 Å². The summed E-state index contributed by atoms with van der Waals surface area (Å²) in [6.45, 7) is 10.1. The molecule has 4 nitrogen and oxygen atoms in total. The number of likely N-dealkylation sites (tertiary alicyclic amines) is 1. The van der Waals surface area contributed by atoms with Gasteiger partial charge in [0, 0.05) is 12.3 Å². The Bertz CT molecular complexity index is 465. The molecule has 19 heavy (non-hydrogen) atoms. The van der Waals surface area contributed by atoms with Crippen LogP contribution in [-0.4, -0.2) is 41.1 Å². The molecule has 0 aliphatic carbocycles. The average molecular weight is 262 g/mol. The van der Waals surface area contributed by atoms with E-state index in [1.807, 2.05) is 26.0 Å². The van der Waals surface area contributed by atoms with E-state index in [2.05, 4.69) is 18.8 Å². The predicted octanol–water partition coefficient (Wildman–Crippen LogP) is 2.46. The summed E-state index contributed by atoms with van der Waals surface area (Å²) in [5, 5.41) is 0. The summed E-state index contributed by atoms with van der Waals surface area (Å²) < 4.78 is 5.63. The molecule has 1 aromatic rings. The van der Waals surface area contributed by atoms with E-state index in [9.17, 15) is 4.79 Å². The van der Waals surface area contributed by atoms with Gasteiger partial charge in [0.05, 0.1) is 13.1 Å². The van der Waals surface area contributed by atoms with Gasteiger partial charge < -0.3 is 9.64 Å². The maximum Gasteiger partial charge on any atom is 0.272 e. The first-order valence-electron chi connectivity index (χ1n) is 6.85.